The number of amides is 1. The predicted molar refractivity (Wildman–Crippen MR) is 89.0 cm³/mol. The number of hydrogen-bond acceptors (Lipinski definition) is 5. The van der Waals surface area contributed by atoms with Crippen molar-refractivity contribution in [2.75, 3.05) is 6.61 Å². The van der Waals surface area contributed by atoms with Gasteiger partial charge < -0.3 is 14.6 Å². The molecule has 2 aromatic rings. The Hall–Kier alpha value is -1.66. The number of carbonyl (C=O) groups is 1. The number of rotatable bonds is 6. The Morgan fingerprint density at radius 2 is 2.35 bits per heavy atom. The van der Waals surface area contributed by atoms with Crippen LogP contribution in [0.4, 0.5) is 0 Å². The number of aromatic nitrogens is 1. The summed E-state index contributed by atoms with van der Waals surface area (Å²) >= 11 is 1.60. The first-order valence-electron chi connectivity index (χ1n) is 8.09. The zero-order valence-corrected chi connectivity index (χ0v) is 14.1. The van der Waals surface area contributed by atoms with Gasteiger partial charge in [0.2, 0.25) is 5.91 Å². The molecule has 6 heteroatoms. The van der Waals surface area contributed by atoms with Gasteiger partial charge in [0.1, 0.15) is 12.3 Å². The first-order chi connectivity index (χ1) is 11.2. The summed E-state index contributed by atoms with van der Waals surface area (Å²) in [6.07, 6.45) is 4.72. The number of carbonyl (C=O) groups excluding carboxylic acids is 1. The van der Waals surface area contributed by atoms with Crippen molar-refractivity contribution in [3.05, 3.63) is 29.3 Å². The predicted octanol–water partition coefficient (Wildman–Crippen LogP) is 3.61. The molecule has 1 saturated carbocycles. The third kappa shape index (κ3) is 4.42. The number of hydrogen-bond donors (Lipinski definition) is 1. The summed E-state index contributed by atoms with van der Waals surface area (Å²) in [4.78, 5) is 13.0. The van der Waals surface area contributed by atoms with Crippen molar-refractivity contribution in [2.45, 2.75) is 45.3 Å². The molecule has 0 spiro atoms. The van der Waals surface area contributed by atoms with Crippen LogP contribution in [-0.4, -0.2) is 23.7 Å². The third-order valence-electron chi connectivity index (χ3n) is 4.26. The molecule has 1 amide bonds. The molecule has 23 heavy (non-hydrogen) atoms. The summed E-state index contributed by atoms with van der Waals surface area (Å²) in [6.45, 7) is 2.54. The quantitative estimate of drug-likeness (QED) is 0.876. The Morgan fingerprint density at radius 1 is 1.48 bits per heavy atom. The van der Waals surface area contributed by atoms with Gasteiger partial charge in [-0.05, 0) is 30.2 Å². The average Bonchev–Trinajstić information content (AvgIpc) is 3.20. The smallest absolute Gasteiger partial charge is 0.246 e. The Kier molecular flexibility index (Phi) is 5.46. The number of nitrogens with one attached hydrogen (secondary N) is 1. The maximum absolute atomic E-state index is 12.0. The van der Waals surface area contributed by atoms with Crippen molar-refractivity contribution in [1.82, 2.24) is 10.5 Å². The molecule has 0 saturated heterocycles. The summed E-state index contributed by atoms with van der Waals surface area (Å²) in [6, 6.07) is 6.09. The average molecular weight is 334 g/mol. The highest BCUT2D eigenvalue weighted by Crippen LogP contribution is 2.25. The SMILES string of the molecule is C[C@H]1CCCC[C@H]1NC(=O)COCc1cc(-c2cccs2)on1. The van der Waals surface area contributed by atoms with Crippen molar-refractivity contribution in [3.8, 4) is 10.6 Å². The van der Waals surface area contributed by atoms with Crippen molar-refractivity contribution in [3.63, 3.8) is 0 Å². The van der Waals surface area contributed by atoms with Crippen LogP contribution < -0.4 is 5.32 Å². The lowest BCUT2D eigenvalue weighted by molar-refractivity contribution is -0.127. The van der Waals surface area contributed by atoms with E-state index in [1.54, 1.807) is 11.3 Å². The molecule has 3 rings (SSSR count). The second-order valence-electron chi connectivity index (χ2n) is 6.09. The Bertz CT molecular complexity index is 624. The minimum Gasteiger partial charge on any atom is -0.365 e. The summed E-state index contributed by atoms with van der Waals surface area (Å²) in [5.41, 5.74) is 0.701. The monoisotopic (exact) mass is 334 g/mol. The molecule has 0 aliphatic heterocycles. The van der Waals surface area contributed by atoms with E-state index in [0.29, 0.717) is 11.6 Å². The van der Waals surface area contributed by atoms with Gasteiger partial charge in [0.05, 0.1) is 11.5 Å². The molecule has 0 bridgehead atoms. The van der Waals surface area contributed by atoms with Crippen molar-refractivity contribution < 1.29 is 14.1 Å². The van der Waals surface area contributed by atoms with Crippen molar-refractivity contribution >= 4 is 17.2 Å². The molecule has 0 radical (unpaired) electrons. The van der Waals surface area contributed by atoms with Crippen LogP contribution in [0.15, 0.2) is 28.1 Å². The zero-order valence-electron chi connectivity index (χ0n) is 13.3. The molecule has 1 aliphatic rings. The molecule has 5 nitrogen and oxygen atoms in total. The number of thiophene rings is 1. The van der Waals surface area contributed by atoms with Gasteiger partial charge in [0, 0.05) is 12.1 Å². The van der Waals surface area contributed by atoms with E-state index in [1.165, 1.54) is 19.3 Å². The topological polar surface area (TPSA) is 64.4 Å². The van der Waals surface area contributed by atoms with Crippen LogP contribution in [-0.2, 0) is 16.1 Å². The van der Waals surface area contributed by atoms with E-state index in [1.807, 2.05) is 23.6 Å². The van der Waals surface area contributed by atoms with E-state index < -0.39 is 0 Å². The Morgan fingerprint density at radius 3 is 3.13 bits per heavy atom. The summed E-state index contributed by atoms with van der Waals surface area (Å²) in [5, 5.41) is 9.04. The van der Waals surface area contributed by atoms with Crippen LogP contribution in [0.1, 0.15) is 38.3 Å². The minimum absolute atomic E-state index is 0.0503. The lowest BCUT2D eigenvalue weighted by Gasteiger charge is -2.29. The van der Waals surface area contributed by atoms with E-state index in [4.69, 9.17) is 9.26 Å². The normalized spacial score (nSPS) is 21.3. The molecule has 2 aromatic heterocycles. The second-order valence-corrected chi connectivity index (χ2v) is 7.04. The van der Waals surface area contributed by atoms with Gasteiger partial charge in [-0.15, -0.1) is 11.3 Å². The fraction of sp³-hybridized carbons (Fsp3) is 0.529. The highest BCUT2D eigenvalue weighted by molar-refractivity contribution is 7.13. The van der Waals surface area contributed by atoms with Gasteiger partial charge in [-0.2, -0.15) is 0 Å². The molecular weight excluding hydrogens is 312 g/mol. The van der Waals surface area contributed by atoms with Gasteiger partial charge >= 0.3 is 0 Å². The molecule has 2 heterocycles. The maximum atomic E-state index is 12.0. The fourth-order valence-electron chi connectivity index (χ4n) is 2.94. The standard InChI is InChI=1S/C17H22N2O3S/c1-12-5-2-3-6-14(12)18-17(20)11-21-10-13-9-15(22-19-13)16-7-4-8-23-16/h4,7-9,12,14H,2-3,5-6,10-11H2,1H3,(H,18,20)/t12-,14+/m0/s1. The van der Waals surface area contributed by atoms with E-state index in [0.717, 1.165) is 17.1 Å². The summed E-state index contributed by atoms with van der Waals surface area (Å²) in [7, 11) is 0. The Labute approximate surface area is 140 Å². The number of nitrogens with zero attached hydrogens (tertiary/aromatic N) is 1. The van der Waals surface area contributed by atoms with Crippen LogP contribution in [0.25, 0.3) is 10.6 Å². The highest BCUT2D eigenvalue weighted by atomic mass is 32.1. The van der Waals surface area contributed by atoms with Crippen LogP contribution in [0.2, 0.25) is 0 Å². The summed E-state index contributed by atoms with van der Waals surface area (Å²) in [5.74, 6) is 1.24. The lowest BCUT2D eigenvalue weighted by atomic mass is 9.86. The van der Waals surface area contributed by atoms with E-state index >= 15 is 0 Å². The van der Waals surface area contributed by atoms with E-state index in [2.05, 4.69) is 17.4 Å². The summed E-state index contributed by atoms with van der Waals surface area (Å²) < 4.78 is 10.7. The number of ether oxygens (including phenoxy) is 1. The molecule has 2 atom stereocenters. The Balaban J connectivity index is 1.41. The van der Waals surface area contributed by atoms with Crippen molar-refractivity contribution in [1.29, 1.82) is 0 Å². The van der Waals surface area contributed by atoms with Gasteiger partial charge in [0.25, 0.3) is 0 Å². The second kappa shape index (κ2) is 7.75. The van der Waals surface area contributed by atoms with Gasteiger partial charge in [-0.1, -0.05) is 31.0 Å². The highest BCUT2D eigenvalue weighted by Gasteiger charge is 2.22. The maximum Gasteiger partial charge on any atom is 0.246 e. The van der Waals surface area contributed by atoms with Crippen molar-refractivity contribution in [2.24, 2.45) is 5.92 Å². The lowest BCUT2D eigenvalue weighted by Crippen LogP contribution is -2.42. The van der Waals surface area contributed by atoms with Crippen LogP contribution in [0.3, 0.4) is 0 Å². The largest absolute Gasteiger partial charge is 0.365 e. The molecular formula is C17H22N2O3S. The van der Waals surface area contributed by atoms with Gasteiger partial charge in [-0.3, -0.25) is 4.79 Å². The third-order valence-corrected chi connectivity index (χ3v) is 5.15. The van der Waals surface area contributed by atoms with Gasteiger partial charge in [0.15, 0.2) is 5.76 Å². The first kappa shape index (κ1) is 16.2. The molecule has 0 unspecified atom stereocenters. The van der Waals surface area contributed by atoms with Crippen LogP contribution in [0, 0.1) is 5.92 Å². The molecule has 1 aliphatic carbocycles. The van der Waals surface area contributed by atoms with Gasteiger partial charge in [-0.25, -0.2) is 0 Å². The first-order valence-corrected chi connectivity index (χ1v) is 8.97. The molecule has 0 aromatic carbocycles. The fourth-order valence-corrected chi connectivity index (χ4v) is 3.62. The van der Waals surface area contributed by atoms with E-state index in [-0.39, 0.29) is 25.2 Å². The molecule has 1 fully saturated rings. The minimum atomic E-state index is -0.0503. The molecule has 1 N–H and O–H groups in total. The zero-order chi connectivity index (χ0) is 16.1. The molecule has 124 valence electrons. The van der Waals surface area contributed by atoms with Crippen LogP contribution in [0.5, 0.6) is 0 Å². The van der Waals surface area contributed by atoms with Crippen LogP contribution >= 0.6 is 11.3 Å². The van der Waals surface area contributed by atoms with E-state index in [9.17, 15) is 4.79 Å².